The molecule has 6 nitrogen and oxygen atoms in total. The van der Waals surface area contributed by atoms with Crippen LogP contribution in [0.15, 0.2) is 48.5 Å². The molecule has 2 aromatic rings. The lowest BCUT2D eigenvalue weighted by molar-refractivity contribution is -0.143. The summed E-state index contributed by atoms with van der Waals surface area (Å²) >= 11 is 0. The Bertz CT molecular complexity index is 1060. The lowest BCUT2D eigenvalue weighted by Crippen LogP contribution is -2.43. The van der Waals surface area contributed by atoms with Crippen molar-refractivity contribution in [1.82, 2.24) is 10.2 Å². The van der Waals surface area contributed by atoms with Crippen molar-refractivity contribution in [3.05, 3.63) is 70.8 Å². The summed E-state index contributed by atoms with van der Waals surface area (Å²) < 4.78 is 84.4. The third-order valence-corrected chi connectivity index (χ3v) is 6.35. The molecule has 1 amide bonds. The molecule has 216 valence electrons. The van der Waals surface area contributed by atoms with E-state index in [0.717, 1.165) is 5.56 Å². The van der Waals surface area contributed by atoms with Gasteiger partial charge in [-0.3, -0.25) is 14.5 Å². The molecule has 13 heteroatoms. The van der Waals surface area contributed by atoms with Crippen molar-refractivity contribution in [2.24, 2.45) is 5.92 Å². The van der Waals surface area contributed by atoms with Crippen LogP contribution in [0.1, 0.15) is 41.0 Å². The fraction of sp³-hybridized carbons (Fsp3) is 0.462. The van der Waals surface area contributed by atoms with E-state index in [1.165, 1.54) is 0 Å². The minimum atomic E-state index is -4.95. The maximum Gasteiger partial charge on any atom is 0.416 e. The van der Waals surface area contributed by atoms with Gasteiger partial charge >= 0.3 is 18.3 Å². The van der Waals surface area contributed by atoms with Crippen LogP contribution in [0.25, 0.3) is 0 Å². The van der Waals surface area contributed by atoms with Gasteiger partial charge in [0.05, 0.1) is 30.9 Å². The Morgan fingerprint density at radius 3 is 2.05 bits per heavy atom. The van der Waals surface area contributed by atoms with E-state index in [9.17, 15) is 35.9 Å². The smallest absolute Gasteiger partial charge is 0.416 e. The Morgan fingerprint density at radius 1 is 0.974 bits per heavy atom. The van der Waals surface area contributed by atoms with Gasteiger partial charge in [0.2, 0.25) is 5.91 Å². The molecule has 3 rings (SSSR count). The zero-order valence-electron chi connectivity index (χ0n) is 20.7. The molecule has 2 aromatic carbocycles. The predicted molar refractivity (Wildman–Crippen MR) is 132 cm³/mol. The first kappa shape index (κ1) is 32.4. The van der Waals surface area contributed by atoms with Crippen LogP contribution in [0.4, 0.5) is 26.3 Å². The summed E-state index contributed by atoms with van der Waals surface area (Å²) in [5, 5.41) is 11.8. The average Bonchev–Trinajstić information content (AvgIpc) is 2.85. The normalized spacial score (nSPS) is 15.8. The van der Waals surface area contributed by atoms with Crippen molar-refractivity contribution in [2.75, 3.05) is 32.8 Å². The van der Waals surface area contributed by atoms with Crippen LogP contribution in [0.2, 0.25) is 0 Å². The van der Waals surface area contributed by atoms with Crippen molar-refractivity contribution < 1.29 is 45.8 Å². The number of benzene rings is 2. The average molecular weight is 583 g/mol. The number of carboxylic acid groups (broad SMARTS) is 1. The number of rotatable bonds is 10. The summed E-state index contributed by atoms with van der Waals surface area (Å²) in [6.45, 7) is 0.483. The molecular weight excluding hydrogens is 554 g/mol. The number of carbonyl (C=O) groups excluding carboxylic acids is 1. The largest absolute Gasteiger partial charge is 0.480 e. The summed E-state index contributed by atoms with van der Waals surface area (Å²) in [5.74, 6) is -1.82. The fourth-order valence-electron chi connectivity index (χ4n) is 4.33. The van der Waals surface area contributed by atoms with Crippen LogP contribution in [-0.4, -0.2) is 54.7 Å². The van der Waals surface area contributed by atoms with E-state index in [4.69, 9.17) is 9.84 Å². The number of alkyl halides is 6. The van der Waals surface area contributed by atoms with Crippen molar-refractivity contribution in [2.45, 2.75) is 37.7 Å². The summed E-state index contributed by atoms with van der Waals surface area (Å²) in [6.07, 6.45) is -8.89. The number of halogens is 7. The number of likely N-dealkylation sites (tertiary alicyclic amines) is 1. The van der Waals surface area contributed by atoms with Gasteiger partial charge in [-0.1, -0.05) is 30.3 Å². The van der Waals surface area contributed by atoms with Crippen LogP contribution in [-0.2, 0) is 33.3 Å². The molecule has 0 aromatic heterocycles. The van der Waals surface area contributed by atoms with E-state index in [-0.39, 0.29) is 55.6 Å². The molecule has 1 atom stereocenters. The van der Waals surface area contributed by atoms with Gasteiger partial charge in [0.1, 0.15) is 0 Å². The van der Waals surface area contributed by atoms with Gasteiger partial charge in [-0.2, -0.15) is 26.3 Å². The highest BCUT2D eigenvalue weighted by Crippen LogP contribution is 2.36. The van der Waals surface area contributed by atoms with Gasteiger partial charge < -0.3 is 15.2 Å². The molecule has 1 heterocycles. The Labute approximate surface area is 227 Å². The van der Waals surface area contributed by atoms with Gasteiger partial charge in [0, 0.05) is 18.4 Å². The van der Waals surface area contributed by atoms with E-state index in [1.807, 2.05) is 0 Å². The number of aliphatic carboxylic acids is 1. The Balaban J connectivity index is 0.00000533. The van der Waals surface area contributed by atoms with E-state index in [1.54, 1.807) is 35.2 Å². The molecule has 1 aliphatic heterocycles. The van der Waals surface area contributed by atoms with Gasteiger partial charge in [-0.15, -0.1) is 12.4 Å². The maximum atomic E-state index is 13.1. The van der Waals surface area contributed by atoms with Crippen LogP contribution in [0.5, 0.6) is 0 Å². The van der Waals surface area contributed by atoms with Crippen molar-refractivity contribution in [3.63, 3.8) is 0 Å². The molecule has 1 unspecified atom stereocenters. The van der Waals surface area contributed by atoms with E-state index in [0.29, 0.717) is 38.1 Å². The van der Waals surface area contributed by atoms with Gasteiger partial charge in [-0.25, -0.2) is 0 Å². The van der Waals surface area contributed by atoms with Gasteiger partial charge in [-0.05, 0) is 55.3 Å². The zero-order valence-corrected chi connectivity index (χ0v) is 21.5. The standard InChI is InChI=1S/C26H28F6N2O4.ClH/c27-25(28,29)21-10-17(11-22(12-21)26(30,31)32)15-38-16-20(18-4-2-1-3-5-18)13-33-24(37)19-6-8-34(9-7-19)14-23(35)36;/h1-5,10-12,19-20H,6-9,13-16H2,(H,33,37)(H,35,36);1H. The molecule has 1 fully saturated rings. The highest BCUT2D eigenvalue weighted by molar-refractivity contribution is 5.85. The first-order chi connectivity index (χ1) is 17.8. The minimum absolute atomic E-state index is 0. The molecular formula is C26H29ClF6N2O4. The first-order valence-electron chi connectivity index (χ1n) is 12.0. The predicted octanol–water partition coefficient (Wildman–Crippen LogP) is 5.36. The second-order valence-electron chi connectivity index (χ2n) is 9.23. The third kappa shape index (κ3) is 10.0. The number of hydrogen-bond donors (Lipinski definition) is 2. The number of piperidine rings is 1. The van der Waals surface area contributed by atoms with Crippen LogP contribution in [0, 0.1) is 5.92 Å². The topological polar surface area (TPSA) is 78.9 Å². The molecule has 1 aliphatic rings. The zero-order chi connectivity index (χ0) is 27.9. The van der Waals surface area contributed by atoms with E-state index < -0.39 is 42.0 Å². The quantitative estimate of drug-likeness (QED) is 0.369. The van der Waals surface area contributed by atoms with Gasteiger partial charge in [0.15, 0.2) is 0 Å². The van der Waals surface area contributed by atoms with Crippen molar-refractivity contribution in [3.8, 4) is 0 Å². The van der Waals surface area contributed by atoms with Crippen LogP contribution < -0.4 is 5.32 Å². The van der Waals surface area contributed by atoms with Crippen LogP contribution in [0.3, 0.4) is 0 Å². The van der Waals surface area contributed by atoms with Crippen molar-refractivity contribution >= 4 is 24.3 Å². The number of carboxylic acids is 1. The molecule has 2 N–H and O–H groups in total. The number of amides is 1. The number of ether oxygens (including phenoxy) is 1. The molecule has 0 radical (unpaired) electrons. The Hall–Kier alpha value is -2.83. The maximum absolute atomic E-state index is 13.1. The number of hydrogen-bond acceptors (Lipinski definition) is 4. The Kier molecular flexibility index (Phi) is 11.6. The molecule has 1 saturated heterocycles. The summed E-state index contributed by atoms with van der Waals surface area (Å²) in [7, 11) is 0. The number of carbonyl (C=O) groups is 2. The molecule has 0 bridgehead atoms. The SMILES string of the molecule is Cl.O=C(O)CN1CCC(C(=O)NCC(COCc2cc(C(F)(F)F)cc(C(F)(F)F)c2)c2ccccc2)CC1. The molecule has 0 aliphatic carbocycles. The number of nitrogens with zero attached hydrogens (tertiary/aromatic N) is 1. The van der Waals surface area contributed by atoms with E-state index >= 15 is 0 Å². The van der Waals surface area contributed by atoms with E-state index in [2.05, 4.69) is 5.32 Å². The van der Waals surface area contributed by atoms with Crippen molar-refractivity contribution in [1.29, 1.82) is 0 Å². The monoisotopic (exact) mass is 582 g/mol. The third-order valence-electron chi connectivity index (χ3n) is 6.35. The molecule has 39 heavy (non-hydrogen) atoms. The fourth-order valence-corrected chi connectivity index (χ4v) is 4.33. The molecule has 0 saturated carbocycles. The Morgan fingerprint density at radius 2 is 1.54 bits per heavy atom. The lowest BCUT2D eigenvalue weighted by Gasteiger charge is -2.30. The lowest BCUT2D eigenvalue weighted by atomic mass is 9.95. The van der Waals surface area contributed by atoms with Crippen LogP contribution >= 0.6 is 12.4 Å². The second kappa shape index (κ2) is 14.0. The summed E-state index contributed by atoms with van der Waals surface area (Å²) in [4.78, 5) is 25.3. The molecule has 0 spiro atoms. The second-order valence-corrected chi connectivity index (χ2v) is 9.23. The minimum Gasteiger partial charge on any atom is -0.480 e. The highest BCUT2D eigenvalue weighted by Gasteiger charge is 2.37. The number of nitrogens with one attached hydrogen (secondary N) is 1. The first-order valence-corrected chi connectivity index (χ1v) is 12.0. The summed E-state index contributed by atoms with van der Waals surface area (Å²) in [5.41, 5.74) is -2.31. The summed E-state index contributed by atoms with van der Waals surface area (Å²) in [6, 6.07) is 10.2. The highest BCUT2D eigenvalue weighted by atomic mass is 35.5. The van der Waals surface area contributed by atoms with Gasteiger partial charge in [0.25, 0.3) is 0 Å².